The molecule has 1 aliphatic heterocycles. The predicted octanol–water partition coefficient (Wildman–Crippen LogP) is 1.20. The lowest BCUT2D eigenvalue weighted by molar-refractivity contribution is -0.125. The lowest BCUT2D eigenvalue weighted by Crippen LogP contribution is -2.41. The molecule has 0 N–H and O–H groups in total. The van der Waals surface area contributed by atoms with Crippen molar-refractivity contribution in [1.29, 1.82) is 0 Å². The van der Waals surface area contributed by atoms with Crippen LogP contribution >= 0.6 is 0 Å². The van der Waals surface area contributed by atoms with Gasteiger partial charge in [-0.2, -0.15) is 0 Å². The Kier molecular flexibility index (Phi) is 2.44. The summed E-state index contributed by atoms with van der Waals surface area (Å²) in [5.41, 5.74) is 0. The Bertz CT molecular complexity index is 264. The molecule has 1 saturated carbocycles. The molecule has 0 aromatic heterocycles. The zero-order valence-electron chi connectivity index (χ0n) is 8.36. The summed E-state index contributed by atoms with van der Waals surface area (Å²) < 4.78 is 4.69. The van der Waals surface area contributed by atoms with E-state index in [2.05, 4.69) is 0 Å². The van der Waals surface area contributed by atoms with Crippen LogP contribution in [0.3, 0.4) is 0 Å². The van der Waals surface area contributed by atoms with Crippen LogP contribution in [0.15, 0.2) is 0 Å². The third kappa shape index (κ3) is 1.38. The highest BCUT2D eigenvalue weighted by Crippen LogP contribution is 2.34. The van der Waals surface area contributed by atoms with Crippen LogP contribution in [0, 0.1) is 5.92 Å². The molecular formula is C10H15NO3. The molecule has 4 heteroatoms. The van der Waals surface area contributed by atoms with Crippen molar-refractivity contribution < 1.29 is 14.3 Å². The Balaban J connectivity index is 2.10. The number of Topliss-reactive ketones (excluding diaryl/α,β-unsaturated/α-hetero) is 1. The monoisotopic (exact) mass is 197 g/mol. The molecule has 78 valence electrons. The van der Waals surface area contributed by atoms with Gasteiger partial charge in [0.1, 0.15) is 5.78 Å². The number of carbonyl (C=O) groups is 2. The maximum Gasteiger partial charge on any atom is 0.409 e. The molecule has 0 aromatic carbocycles. The van der Waals surface area contributed by atoms with Gasteiger partial charge < -0.3 is 9.64 Å². The van der Waals surface area contributed by atoms with Gasteiger partial charge in [-0.05, 0) is 19.3 Å². The van der Waals surface area contributed by atoms with Gasteiger partial charge in [-0.3, -0.25) is 4.79 Å². The number of likely N-dealkylation sites (tertiary alicyclic amines) is 1. The third-order valence-electron chi connectivity index (χ3n) is 3.29. The van der Waals surface area contributed by atoms with Gasteiger partial charge in [0.25, 0.3) is 0 Å². The molecule has 0 unspecified atom stereocenters. The molecule has 0 radical (unpaired) electrons. The van der Waals surface area contributed by atoms with Crippen LogP contribution in [0.5, 0.6) is 0 Å². The fourth-order valence-electron chi connectivity index (χ4n) is 2.60. The topological polar surface area (TPSA) is 46.6 Å². The molecule has 1 aliphatic carbocycles. The highest BCUT2D eigenvalue weighted by molar-refractivity contribution is 5.84. The van der Waals surface area contributed by atoms with Gasteiger partial charge in [0.2, 0.25) is 0 Å². The smallest absolute Gasteiger partial charge is 0.409 e. The number of ether oxygens (including phenoxy) is 1. The molecule has 1 saturated heterocycles. The van der Waals surface area contributed by atoms with Crippen molar-refractivity contribution in [2.45, 2.75) is 31.7 Å². The number of carbonyl (C=O) groups excluding carboxylic acids is 2. The van der Waals surface area contributed by atoms with Crippen LogP contribution in [-0.4, -0.2) is 36.5 Å². The van der Waals surface area contributed by atoms with Crippen LogP contribution in [0.2, 0.25) is 0 Å². The van der Waals surface area contributed by atoms with Gasteiger partial charge in [0.15, 0.2) is 0 Å². The summed E-state index contributed by atoms with van der Waals surface area (Å²) in [6, 6.07) is 0.115. The minimum Gasteiger partial charge on any atom is -0.453 e. The Hall–Kier alpha value is -1.06. The normalized spacial score (nSPS) is 31.5. The van der Waals surface area contributed by atoms with Gasteiger partial charge in [-0.25, -0.2) is 4.79 Å². The van der Waals surface area contributed by atoms with Crippen molar-refractivity contribution in [3.63, 3.8) is 0 Å². The van der Waals surface area contributed by atoms with Crippen molar-refractivity contribution in [2.75, 3.05) is 13.7 Å². The summed E-state index contributed by atoms with van der Waals surface area (Å²) in [7, 11) is 1.39. The van der Waals surface area contributed by atoms with E-state index in [0.29, 0.717) is 18.7 Å². The van der Waals surface area contributed by atoms with E-state index >= 15 is 0 Å². The van der Waals surface area contributed by atoms with Crippen LogP contribution in [-0.2, 0) is 9.53 Å². The Morgan fingerprint density at radius 3 is 3.00 bits per heavy atom. The molecule has 4 nitrogen and oxygen atoms in total. The lowest BCUT2D eigenvalue weighted by Gasteiger charge is -2.29. The highest BCUT2D eigenvalue weighted by Gasteiger charge is 2.42. The van der Waals surface area contributed by atoms with Gasteiger partial charge in [0, 0.05) is 24.9 Å². The standard InChI is InChI=1S/C10H15NO3/c1-14-10(13)11-6-5-7-8(11)3-2-4-9(7)12/h7-8H,2-6H2,1H3/t7-,8-/m0/s1. The summed E-state index contributed by atoms with van der Waals surface area (Å²) in [6.45, 7) is 0.674. The van der Waals surface area contributed by atoms with E-state index < -0.39 is 0 Å². The zero-order chi connectivity index (χ0) is 10.1. The molecule has 0 aromatic rings. The Morgan fingerprint density at radius 1 is 1.50 bits per heavy atom. The first kappa shape index (κ1) is 9.49. The van der Waals surface area contributed by atoms with E-state index in [0.717, 1.165) is 19.3 Å². The average molecular weight is 197 g/mol. The minimum atomic E-state index is -0.285. The molecule has 2 fully saturated rings. The predicted molar refractivity (Wildman–Crippen MR) is 49.9 cm³/mol. The van der Waals surface area contributed by atoms with Crippen LogP contribution in [0.1, 0.15) is 25.7 Å². The molecule has 0 bridgehead atoms. The van der Waals surface area contributed by atoms with Crippen LogP contribution in [0.4, 0.5) is 4.79 Å². The molecule has 2 atom stereocenters. The van der Waals surface area contributed by atoms with E-state index in [1.54, 1.807) is 4.90 Å². The van der Waals surface area contributed by atoms with Crippen molar-refractivity contribution in [3.8, 4) is 0 Å². The van der Waals surface area contributed by atoms with Crippen molar-refractivity contribution >= 4 is 11.9 Å². The quantitative estimate of drug-likeness (QED) is 0.586. The van der Waals surface area contributed by atoms with E-state index in [9.17, 15) is 9.59 Å². The second-order valence-electron chi connectivity index (χ2n) is 3.98. The number of hydrogen-bond acceptors (Lipinski definition) is 3. The fraction of sp³-hybridized carbons (Fsp3) is 0.800. The number of ketones is 1. The van der Waals surface area contributed by atoms with Crippen molar-refractivity contribution in [2.24, 2.45) is 5.92 Å². The Labute approximate surface area is 83.2 Å². The van der Waals surface area contributed by atoms with Crippen molar-refractivity contribution in [1.82, 2.24) is 4.90 Å². The Morgan fingerprint density at radius 2 is 2.29 bits per heavy atom. The lowest BCUT2D eigenvalue weighted by atomic mass is 9.84. The SMILES string of the molecule is COC(=O)N1CC[C@@H]2C(=O)CCC[C@@H]21. The third-order valence-corrected chi connectivity index (χ3v) is 3.29. The fourth-order valence-corrected chi connectivity index (χ4v) is 2.60. The molecule has 14 heavy (non-hydrogen) atoms. The first-order chi connectivity index (χ1) is 6.74. The molecule has 1 amide bonds. The maximum absolute atomic E-state index is 11.6. The second kappa shape index (κ2) is 3.59. The van der Waals surface area contributed by atoms with Crippen LogP contribution < -0.4 is 0 Å². The van der Waals surface area contributed by atoms with E-state index in [-0.39, 0.29) is 18.1 Å². The average Bonchev–Trinajstić information content (AvgIpc) is 2.62. The number of hydrogen-bond donors (Lipinski definition) is 0. The van der Waals surface area contributed by atoms with Gasteiger partial charge >= 0.3 is 6.09 Å². The molecule has 2 rings (SSSR count). The summed E-state index contributed by atoms with van der Waals surface area (Å²) in [5, 5.41) is 0. The zero-order valence-corrected chi connectivity index (χ0v) is 8.36. The van der Waals surface area contributed by atoms with Gasteiger partial charge in [-0.15, -0.1) is 0 Å². The number of nitrogens with zero attached hydrogens (tertiary/aromatic N) is 1. The first-order valence-corrected chi connectivity index (χ1v) is 5.11. The van der Waals surface area contributed by atoms with E-state index in [4.69, 9.17) is 4.74 Å². The largest absolute Gasteiger partial charge is 0.453 e. The summed E-state index contributed by atoms with van der Waals surface area (Å²) >= 11 is 0. The van der Waals surface area contributed by atoms with E-state index in [1.165, 1.54) is 7.11 Å². The molecule has 1 heterocycles. The van der Waals surface area contributed by atoms with Gasteiger partial charge in [-0.1, -0.05) is 0 Å². The van der Waals surface area contributed by atoms with E-state index in [1.807, 2.05) is 0 Å². The first-order valence-electron chi connectivity index (χ1n) is 5.11. The molecule has 2 aliphatic rings. The molecule has 0 spiro atoms. The maximum atomic E-state index is 11.6. The molecular weight excluding hydrogens is 182 g/mol. The number of rotatable bonds is 0. The second-order valence-corrected chi connectivity index (χ2v) is 3.98. The number of methoxy groups -OCH3 is 1. The number of amides is 1. The summed E-state index contributed by atoms with van der Waals surface area (Å²) in [4.78, 5) is 24.6. The minimum absolute atomic E-state index is 0.0860. The summed E-state index contributed by atoms with van der Waals surface area (Å²) in [5.74, 6) is 0.413. The highest BCUT2D eigenvalue weighted by atomic mass is 16.5. The van der Waals surface area contributed by atoms with Crippen LogP contribution in [0.25, 0.3) is 0 Å². The summed E-state index contributed by atoms with van der Waals surface area (Å²) in [6.07, 6.45) is 3.08. The number of fused-ring (bicyclic) bond motifs is 1. The van der Waals surface area contributed by atoms with Gasteiger partial charge in [0.05, 0.1) is 7.11 Å². The van der Waals surface area contributed by atoms with Crippen molar-refractivity contribution in [3.05, 3.63) is 0 Å².